The number of rotatable bonds is 4. The molecule has 1 N–H and O–H groups in total. The van der Waals surface area contributed by atoms with Crippen LogP contribution in [0.1, 0.15) is 23.1 Å². The summed E-state index contributed by atoms with van der Waals surface area (Å²) in [6.45, 7) is 3.04. The van der Waals surface area contributed by atoms with Crippen molar-refractivity contribution in [2.24, 2.45) is 0 Å². The molecule has 0 atom stereocenters. The molecule has 0 unspecified atom stereocenters. The first-order valence-electron chi connectivity index (χ1n) is 8.59. The van der Waals surface area contributed by atoms with Crippen LogP contribution in [-0.2, 0) is 11.3 Å². The number of nitrogens with one attached hydrogen (secondary N) is 1. The van der Waals surface area contributed by atoms with Crippen molar-refractivity contribution in [3.63, 3.8) is 0 Å². The standard InChI is InChI=1S/C20H16N4O3S/c1-11(25)13-5-7-14(8-6-13)23-16(26)10-24-12(2)22-17-15-4-3-9-21-19(15)28-18(17)20(24)27/h3-9H,10H2,1-2H3,(H,23,26). The number of amides is 1. The van der Waals surface area contributed by atoms with E-state index in [0.29, 0.717) is 27.3 Å². The Labute approximate surface area is 163 Å². The van der Waals surface area contributed by atoms with E-state index in [1.54, 1.807) is 37.4 Å². The van der Waals surface area contributed by atoms with Crippen molar-refractivity contribution in [1.29, 1.82) is 0 Å². The van der Waals surface area contributed by atoms with E-state index in [2.05, 4.69) is 15.3 Å². The van der Waals surface area contributed by atoms with Crippen LogP contribution in [0.4, 0.5) is 5.69 Å². The maximum Gasteiger partial charge on any atom is 0.272 e. The highest BCUT2D eigenvalue weighted by Crippen LogP contribution is 2.28. The summed E-state index contributed by atoms with van der Waals surface area (Å²) in [5.41, 5.74) is 1.48. The molecule has 0 aliphatic rings. The Morgan fingerprint density at radius 1 is 1.18 bits per heavy atom. The maximum atomic E-state index is 12.9. The zero-order chi connectivity index (χ0) is 19.8. The molecule has 0 aliphatic heterocycles. The molecule has 1 amide bonds. The second-order valence-corrected chi connectivity index (χ2v) is 7.37. The first kappa shape index (κ1) is 18.0. The summed E-state index contributed by atoms with van der Waals surface area (Å²) in [6.07, 6.45) is 1.67. The molecule has 0 saturated carbocycles. The number of nitrogens with zero attached hydrogens (tertiary/aromatic N) is 3. The summed E-state index contributed by atoms with van der Waals surface area (Å²) in [7, 11) is 0. The van der Waals surface area contributed by atoms with E-state index >= 15 is 0 Å². The molecule has 0 fully saturated rings. The fraction of sp³-hybridized carbons (Fsp3) is 0.150. The van der Waals surface area contributed by atoms with Gasteiger partial charge in [0.15, 0.2) is 5.78 Å². The summed E-state index contributed by atoms with van der Waals surface area (Å²) in [6, 6.07) is 10.3. The molecule has 3 heterocycles. The first-order valence-corrected chi connectivity index (χ1v) is 9.41. The van der Waals surface area contributed by atoms with Crippen molar-refractivity contribution >= 4 is 49.1 Å². The lowest BCUT2D eigenvalue weighted by Gasteiger charge is -2.10. The van der Waals surface area contributed by atoms with Gasteiger partial charge in [0.2, 0.25) is 5.91 Å². The minimum atomic E-state index is -0.346. The van der Waals surface area contributed by atoms with Gasteiger partial charge >= 0.3 is 0 Å². The summed E-state index contributed by atoms with van der Waals surface area (Å²) >= 11 is 1.28. The number of carbonyl (C=O) groups excluding carboxylic acids is 2. The van der Waals surface area contributed by atoms with Crippen molar-refractivity contribution in [2.45, 2.75) is 20.4 Å². The third kappa shape index (κ3) is 3.18. The first-order chi connectivity index (χ1) is 13.4. The van der Waals surface area contributed by atoms with Crippen LogP contribution >= 0.6 is 11.3 Å². The molecule has 28 heavy (non-hydrogen) atoms. The van der Waals surface area contributed by atoms with Gasteiger partial charge < -0.3 is 5.32 Å². The number of benzene rings is 1. The number of aromatic nitrogens is 3. The number of hydrogen-bond donors (Lipinski definition) is 1. The SMILES string of the molecule is CC(=O)c1ccc(NC(=O)Cn2c(C)nc3c(sc4ncccc43)c2=O)cc1. The molecule has 4 aromatic rings. The molecule has 0 bridgehead atoms. The highest BCUT2D eigenvalue weighted by atomic mass is 32.1. The van der Waals surface area contributed by atoms with Crippen LogP contribution in [0.15, 0.2) is 47.4 Å². The van der Waals surface area contributed by atoms with Crippen molar-refractivity contribution in [3.8, 4) is 0 Å². The maximum absolute atomic E-state index is 12.9. The highest BCUT2D eigenvalue weighted by molar-refractivity contribution is 7.25. The number of hydrogen-bond acceptors (Lipinski definition) is 6. The molecule has 140 valence electrons. The summed E-state index contributed by atoms with van der Waals surface area (Å²) in [4.78, 5) is 46.2. The third-order valence-electron chi connectivity index (χ3n) is 4.42. The fourth-order valence-electron chi connectivity index (χ4n) is 2.99. The van der Waals surface area contributed by atoms with Crippen LogP contribution in [0, 0.1) is 6.92 Å². The van der Waals surface area contributed by atoms with Gasteiger partial charge in [-0.15, -0.1) is 11.3 Å². The molecule has 0 spiro atoms. The Hall–Kier alpha value is -3.39. The summed E-state index contributed by atoms with van der Waals surface area (Å²) < 4.78 is 1.84. The Kier molecular flexibility index (Phi) is 4.48. The minimum Gasteiger partial charge on any atom is -0.325 e. The van der Waals surface area contributed by atoms with Gasteiger partial charge in [0.1, 0.15) is 21.9 Å². The molecular weight excluding hydrogens is 376 g/mol. The quantitative estimate of drug-likeness (QED) is 0.539. The number of fused-ring (bicyclic) bond motifs is 3. The lowest BCUT2D eigenvalue weighted by Crippen LogP contribution is -2.29. The van der Waals surface area contributed by atoms with Gasteiger partial charge in [-0.1, -0.05) is 0 Å². The van der Waals surface area contributed by atoms with Gasteiger partial charge in [-0.3, -0.25) is 19.0 Å². The molecular formula is C20H16N4O3S. The largest absolute Gasteiger partial charge is 0.325 e. The van der Waals surface area contributed by atoms with Crippen molar-refractivity contribution in [1.82, 2.24) is 14.5 Å². The van der Waals surface area contributed by atoms with Gasteiger partial charge in [-0.05, 0) is 50.2 Å². The van der Waals surface area contributed by atoms with E-state index < -0.39 is 0 Å². The zero-order valence-corrected chi connectivity index (χ0v) is 16.0. The number of anilines is 1. The topological polar surface area (TPSA) is 93.9 Å². The van der Waals surface area contributed by atoms with Crippen LogP contribution < -0.4 is 10.9 Å². The molecule has 7 nitrogen and oxygen atoms in total. The molecule has 3 aromatic heterocycles. The van der Waals surface area contributed by atoms with Crippen molar-refractivity contribution < 1.29 is 9.59 Å². The average Bonchev–Trinajstić information content (AvgIpc) is 3.04. The zero-order valence-electron chi connectivity index (χ0n) is 15.2. The van der Waals surface area contributed by atoms with Crippen LogP contribution in [0.5, 0.6) is 0 Å². The second-order valence-electron chi connectivity index (χ2n) is 6.37. The summed E-state index contributed by atoms with van der Waals surface area (Å²) in [5.74, 6) is 0.0709. The lowest BCUT2D eigenvalue weighted by molar-refractivity contribution is -0.116. The predicted molar refractivity (Wildman–Crippen MR) is 109 cm³/mol. The van der Waals surface area contributed by atoms with Crippen LogP contribution in [-0.4, -0.2) is 26.2 Å². The number of Topliss-reactive ketones (excluding diaryl/α,β-unsaturated/α-hetero) is 1. The Bertz CT molecular complexity index is 1290. The monoisotopic (exact) mass is 392 g/mol. The Balaban J connectivity index is 1.63. The van der Waals surface area contributed by atoms with Gasteiger partial charge in [-0.2, -0.15) is 0 Å². The molecule has 0 saturated heterocycles. The van der Waals surface area contributed by atoms with Gasteiger partial charge in [0, 0.05) is 22.8 Å². The second kappa shape index (κ2) is 6.97. The number of ketones is 1. The summed E-state index contributed by atoms with van der Waals surface area (Å²) in [5, 5.41) is 3.58. The third-order valence-corrected chi connectivity index (χ3v) is 5.51. The van der Waals surface area contributed by atoms with E-state index in [4.69, 9.17) is 0 Å². The molecule has 0 aliphatic carbocycles. The molecule has 1 aromatic carbocycles. The fourth-order valence-corrected chi connectivity index (χ4v) is 4.02. The van der Waals surface area contributed by atoms with E-state index in [1.807, 2.05) is 12.1 Å². The molecule has 0 radical (unpaired) electrons. The van der Waals surface area contributed by atoms with Crippen LogP contribution in [0.25, 0.3) is 20.4 Å². The van der Waals surface area contributed by atoms with Crippen molar-refractivity contribution in [2.75, 3.05) is 5.32 Å². The molecule has 8 heteroatoms. The average molecular weight is 392 g/mol. The van der Waals surface area contributed by atoms with E-state index in [9.17, 15) is 14.4 Å². The number of thiophene rings is 1. The number of aryl methyl sites for hydroxylation is 1. The van der Waals surface area contributed by atoms with E-state index in [-0.39, 0.29) is 23.8 Å². The van der Waals surface area contributed by atoms with Gasteiger partial charge in [0.25, 0.3) is 5.56 Å². The number of pyridine rings is 1. The van der Waals surface area contributed by atoms with Crippen LogP contribution in [0.2, 0.25) is 0 Å². The highest BCUT2D eigenvalue weighted by Gasteiger charge is 2.16. The predicted octanol–water partition coefficient (Wildman–Crippen LogP) is 3.16. The number of carbonyl (C=O) groups is 2. The van der Waals surface area contributed by atoms with Crippen LogP contribution in [0.3, 0.4) is 0 Å². The van der Waals surface area contributed by atoms with Crippen molar-refractivity contribution in [3.05, 3.63) is 64.3 Å². The minimum absolute atomic E-state index is 0.0442. The Morgan fingerprint density at radius 3 is 2.64 bits per heavy atom. The molecule has 4 rings (SSSR count). The van der Waals surface area contributed by atoms with E-state index in [1.165, 1.54) is 22.8 Å². The Morgan fingerprint density at radius 2 is 1.93 bits per heavy atom. The van der Waals surface area contributed by atoms with Gasteiger partial charge in [0.05, 0.1) is 5.52 Å². The lowest BCUT2D eigenvalue weighted by atomic mass is 10.1. The van der Waals surface area contributed by atoms with E-state index in [0.717, 1.165) is 10.2 Å². The normalized spacial score (nSPS) is 11.1. The van der Waals surface area contributed by atoms with Gasteiger partial charge in [-0.25, -0.2) is 9.97 Å². The smallest absolute Gasteiger partial charge is 0.272 e.